The fourth-order valence-electron chi connectivity index (χ4n) is 2.19. The SMILES string of the molecule is Cc1cc(OCC(=O)O)ccc1NC(=O)c1cc(-c2cccs2)[nH]n1. The number of carboxylic acids is 1. The Hall–Kier alpha value is -3.13. The normalized spacial score (nSPS) is 10.4. The number of aromatic amines is 1. The smallest absolute Gasteiger partial charge is 0.341 e. The van der Waals surface area contributed by atoms with Crippen LogP contribution >= 0.6 is 11.3 Å². The van der Waals surface area contributed by atoms with Gasteiger partial charge in [0, 0.05) is 5.69 Å². The molecule has 3 N–H and O–H groups in total. The van der Waals surface area contributed by atoms with Crippen molar-refractivity contribution in [1.82, 2.24) is 10.2 Å². The molecular weight excluding hydrogens is 342 g/mol. The van der Waals surface area contributed by atoms with Crippen LogP contribution < -0.4 is 10.1 Å². The summed E-state index contributed by atoms with van der Waals surface area (Å²) in [5.74, 6) is -0.950. The minimum absolute atomic E-state index is 0.286. The minimum Gasteiger partial charge on any atom is -0.482 e. The maximum Gasteiger partial charge on any atom is 0.341 e. The zero-order valence-electron chi connectivity index (χ0n) is 13.3. The van der Waals surface area contributed by atoms with E-state index < -0.39 is 12.6 Å². The maximum atomic E-state index is 12.4. The van der Waals surface area contributed by atoms with Crippen molar-refractivity contribution in [1.29, 1.82) is 0 Å². The second-order valence-corrected chi connectivity index (χ2v) is 6.21. The molecule has 1 amide bonds. The van der Waals surface area contributed by atoms with E-state index in [0.717, 1.165) is 16.1 Å². The molecule has 2 aromatic heterocycles. The number of benzene rings is 1. The van der Waals surface area contributed by atoms with Crippen LogP contribution in [-0.4, -0.2) is 33.8 Å². The molecule has 128 valence electrons. The van der Waals surface area contributed by atoms with E-state index in [2.05, 4.69) is 15.5 Å². The van der Waals surface area contributed by atoms with E-state index >= 15 is 0 Å². The van der Waals surface area contributed by atoms with Crippen LogP contribution in [0.5, 0.6) is 5.75 Å². The Bertz CT molecular complexity index is 903. The first-order chi connectivity index (χ1) is 12.0. The van der Waals surface area contributed by atoms with Crippen LogP contribution in [0.1, 0.15) is 16.1 Å². The second kappa shape index (κ2) is 7.18. The number of carbonyl (C=O) groups excluding carboxylic acids is 1. The number of hydrogen-bond acceptors (Lipinski definition) is 5. The molecule has 25 heavy (non-hydrogen) atoms. The highest BCUT2D eigenvalue weighted by molar-refractivity contribution is 7.13. The largest absolute Gasteiger partial charge is 0.482 e. The van der Waals surface area contributed by atoms with Crippen molar-refractivity contribution in [3.63, 3.8) is 0 Å². The van der Waals surface area contributed by atoms with Gasteiger partial charge >= 0.3 is 5.97 Å². The van der Waals surface area contributed by atoms with Gasteiger partial charge in [0.2, 0.25) is 0 Å². The van der Waals surface area contributed by atoms with E-state index in [9.17, 15) is 9.59 Å². The highest BCUT2D eigenvalue weighted by Gasteiger charge is 2.13. The lowest BCUT2D eigenvalue weighted by Gasteiger charge is -2.09. The van der Waals surface area contributed by atoms with Gasteiger partial charge in [-0.2, -0.15) is 5.10 Å². The van der Waals surface area contributed by atoms with Gasteiger partial charge in [-0.25, -0.2) is 4.79 Å². The number of ether oxygens (including phenoxy) is 1. The topological polar surface area (TPSA) is 104 Å². The molecule has 0 unspecified atom stereocenters. The number of rotatable bonds is 6. The molecule has 2 heterocycles. The van der Waals surface area contributed by atoms with Crippen molar-refractivity contribution in [2.45, 2.75) is 6.92 Å². The first-order valence-electron chi connectivity index (χ1n) is 7.39. The number of nitrogens with zero attached hydrogens (tertiary/aromatic N) is 1. The predicted octanol–water partition coefficient (Wildman–Crippen LogP) is 3.16. The number of thiophene rings is 1. The van der Waals surface area contributed by atoms with Crippen molar-refractivity contribution in [2.24, 2.45) is 0 Å². The number of anilines is 1. The van der Waals surface area contributed by atoms with Crippen LogP contribution in [0.3, 0.4) is 0 Å². The average Bonchev–Trinajstić information content (AvgIpc) is 3.26. The van der Waals surface area contributed by atoms with Gasteiger partial charge in [-0.3, -0.25) is 9.89 Å². The summed E-state index contributed by atoms with van der Waals surface area (Å²) in [6.45, 7) is 1.38. The average molecular weight is 357 g/mol. The molecule has 0 fully saturated rings. The molecular formula is C17H15N3O4S. The Morgan fingerprint density at radius 1 is 1.32 bits per heavy atom. The Balaban J connectivity index is 1.69. The van der Waals surface area contributed by atoms with Crippen LogP contribution in [0.15, 0.2) is 41.8 Å². The molecule has 0 aliphatic rings. The molecule has 1 aromatic carbocycles. The number of aryl methyl sites for hydroxylation is 1. The van der Waals surface area contributed by atoms with E-state index in [1.165, 1.54) is 0 Å². The van der Waals surface area contributed by atoms with Crippen molar-refractivity contribution in [3.05, 3.63) is 53.0 Å². The summed E-state index contributed by atoms with van der Waals surface area (Å²) in [6, 6.07) is 10.5. The maximum absolute atomic E-state index is 12.4. The van der Waals surface area contributed by atoms with Crippen LogP contribution in [0.2, 0.25) is 0 Å². The van der Waals surface area contributed by atoms with Crippen LogP contribution in [0.4, 0.5) is 5.69 Å². The summed E-state index contributed by atoms with van der Waals surface area (Å²) in [5, 5.41) is 20.3. The van der Waals surface area contributed by atoms with E-state index in [0.29, 0.717) is 11.4 Å². The van der Waals surface area contributed by atoms with Gasteiger partial charge in [-0.1, -0.05) is 6.07 Å². The Kier molecular flexibility index (Phi) is 4.80. The monoisotopic (exact) mass is 357 g/mol. The molecule has 7 nitrogen and oxygen atoms in total. The van der Waals surface area contributed by atoms with Gasteiger partial charge in [0.05, 0.1) is 10.6 Å². The van der Waals surface area contributed by atoms with Gasteiger partial charge in [0.25, 0.3) is 5.91 Å². The van der Waals surface area contributed by atoms with E-state index in [-0.39, 0.29) is 11.6 Å². The van der Waals surface area contributed by atoms with Crippen molar-refractivity contribution in [2.75, 3.05) is 11.9 Å². The second-order valence-electron chi connectivity index (χ2n) is 5.26. The molecule has 3 aromatic rings. The van der Waals surface area contributed by atoms with Gasteiger partial charge < -0.3 is 15.2 Å². The molecule has 0 aliphatic heterocycles. The number of carboxylic acid groups (broad SMARTS) is 1. The van der Waals surface area contributed by atoms with E-state index in [1.807, 2.05) is 17.5 Å². The molecule has 8 heteroatoms. The lowest BCUT2D eigenvalue weighted by Crippen LogP contribution is -2.13. The Morgan fingerprint density at radius 3 is 2.84 bits per heavy atom. The minimum atomic E-state index is -1.05. The van der Waals surface area contributed by atoms with Gasteiger partial charge in [0.1, 0.15) is 5.75 Å². The molecule has 3 rings (SSSR count). The molecule has 0 spiro atoms. The molecule has 0 atom stereocenters. The Labute approximate surface area is 147 Å². The number of amides is 1. The number of nitrogens with one attached hydrogen (secondary N) is 2. The summed E-state index contributed by atoms with van der Waals surface area (Å²) in [6.07, 6.45) is 0. The molecule has 0 bridgehead atoms. The lowest BCUT2D eigenvalue weighted by atomic mass is 10.2. The van der Waals surface area contributed by atoms with Gasteiger partial charge in [-0.05, 0) is 48.2 Å². The number of hydrogen-bond donors (Lipinski definition) is 3. The van der Waals surface area contributed by atoms with Crippen LogP contribution in [0, 0.1) is 6.92 Å². The fourth-order valence-corrected chi connectivity index (χ4v) is 2.89. The van der Waals surface area contributed by atoms with Crippen molar-refractivity contribution < 1.29 is 19.4 Å². The third-order valence-corrected chi connectivity index (χ3v) is 4.31. The Morgan fingerprint density at radius 2 is 2.16 bits per heavy atom. The summed E-state index contributed by atoms with van der Waals surface area (Å²) in [4.78, 5) is 23.9. The third kappa shape index (κ3) is 4.04. The van der Waals surface area contributed by atoms with Crippen molar-refractivity contribution >= 4 is 28.9 Å². The highest BCUT2D eigenvalue weighted by Crippen LogP contribution is 2.24. The van der Waals surface area contributed by atoms with Gasteiger partial charge in [-0.15, -0.1) is 11.3 Å². The van der Waals surface area contributed by atoms with Crippen LogP contribution in [0.25, 0.3) is 10.6 Å². The number of H-pyrrole nitrogens is 1. The standard InChI is InChI=1S/C17H15N3O4S/c1-10-7-11(24-9-16(21)22)4-5-12(10)18-17(23)14-8-13(19-20-14)15-3-2-6-25-15/h2-8H,9H2,1H3,(H,18,23)(H,19,20)(H,21,22). The summed E-state index contributed by atoms with van der Waals surface area (Å²) >= 11 is 1.56. The summed E-state index contributed by atoms with van der Waals surface area (Å²) in [7, 11) is 0. The van der Waals surface area contributed by atoms with E-state index in [1.54, 1.807) is 42.5 Å². The number of aliphatic carboxylic acids is 1. The van der Waals surface area contributed by atoms with Crippen molar-refractivity contribution in [3.8, 4) is 16.3 Å². The zero-order chi connectivity index (χ0) is 17.8. The lowest BCUT2D eigenvalue weighted by molar-refractivity contribution is -0.139. The van der Waals surface area contributed by atoms with E-state index in [4.69, 9.17) is 9.84 Å². The molecule has 0 radical (unpaired) electrons. The predicted molar refractivity (Wildman–Crippen MR) is 94.2 cm³/mol. The highest BCUT2D eigenvalue weighted by atomic mass is 32.1. The number of carbonyl (C=O) groups is 2. The third-order valence-electron chi connectivity index (χ3n) is 3.41. The number of aromatic nitrogens is 2. The summed E-state index contributed by atoms with van der Waals surface area (Å²) < 4.78 is 5.11. The first kappa shape index (κ1) is 16.7. The van der Waals surface area contributed by atoms with Gasteiger partial charge in [0.15, 0.2) is 12.3 Å². The quantitative estimate of drug-likeness (QED) is 0.628. The first-order valence-corrected chi connectivity index (χ1v) is 8.27. The van der Waals surface area contributed by atoms with Crippen LogP contribution in [-0.2, 0) is 4.79 Å². The molecule has 0 saturated heterocycles. The zero-order valence-corrected chi connectivity index (χ0v) is 14.1. The molecule has 0 aliphatic carbocycles. The fraction of sp³-hybridized carbons (Fsp3) is 0.118. The molecule has 0 saturated carbocycles. The summed E-state index contributed by atoms with van der Waals surface area (Å²) in [5.41, 5.74) is 2.43.